The van der Waals surface area contributed by atoms with E-state index in [9.17, 15) is 9.13 Å². The zero-order valence-electron chi connectivity index (χ0n) is 4.55. The van der Waals surface area contributed by atoms with E-state index >= 15 is 0 Å². The summed E-state index contributed by atoms with van der Waals surface area (Å²) in [6.07, 6.45) is 0. The van der Waals surface area contributed by atoms with Crippen LogP contribution in [0.2, 0.25) is 0 Å². The van der Waals surface area contributed by atoms with Crippen molar-refractivity contribution >= 4 is 46.1 Å². The Bertz CT molecular complexity index is 158. The summed E-state index contributed by atoms with van der Waals surface area (Å²) in [6, 6.07) is 0. The van der Waals surface area contributed by atoms with Crippen molar-refractivity contribution in [1.82, 2.24) is 0 Å². The minimum absolute atomic E-state index is 0.301. The van der Waals surface area contributed by atoms with E-state index in [1.165, 1.54) is 6.66 Å². The number of rotatable bonds is 2. The van der Waals surface area contributed by atoms with Gasteiger partial charge in [-0.1, -0.05) is 11.2 Å². The first-order valence-electron chi connectivity index (χ1n) is 1.95. The highest BCUT2D eigenvalue weighted by Crippen LogP contribution is 2.68. The molecule has 0 heterocycles. The quantitative estimate of drug-likeness (QED) is 0.676. The molecule has 9 heavy (non-hydrogen) atoms. The summed E-state index contributed by atoms with van der Waals surface area (Å²) in [6.45, 7) is -1.57. The standard InChI is InChI=1S/C2H5Cl3O2P2/c1-8(3,6)2-9(4,5)7/h2H2,1H3. The lowest BCUT2D eigenvalue weighted by Crippen LogP contribution is -1.72. The van der Waals surface area contributed by atoms with E-state index < -0.39 is 12.3 Å². The maximum absolute atomic E-state index is 10.7. The minimum atomic E-state index is -3.24. The van der Waals surface area contributed by atoms with Crippen molar-refractivity contribution in [3.8, 4) is 0 Å². The second-order valence-electron chi connectivity index (χ2n) is 1.70. The molecule has 0 aromatic heterocycles. The summed E-state index contributed by atoms with van der Waals surface area (Å²) < 4.78 is 21.2. The van der Waals surface area contributed by atoms with Crippen LogP contribution < -0.4 is 0 Å². The van der Waals surface area contributed by atoms with Crippen LogP contribution in [0.3, 0.4) is 0 Å². The van der Waals surface area contributed by atoms with E-state index in [0.29, 0.717) is 0 Å². The van der Waals surface area contributed by atoms with E-state index in [1.54, 1.807) is 0 Å². The molecule has 2 nitrogen and oxygen atoms in total. The second kappa shape index (κ2) is 3.15. The molecule has 0 saturated heterocycles. The van der Waals surface area contributed by atoms with Gasteiger partial charge in [0.25, 0.3) is 5.85 Å². The topological polar surface area (TPSA) is 34.1 Å². The maximum Gasteiger partial charge on any atom is 0.261 e. The lowest BCUT2D eigenvalue weighted by atomic mass is 11.9. The van der Waals surface area contributed by atoms with E-state index in [0.717, 1.165) is 0 Å². The lowest BCUT2D eigenvalue weighted by molar-refractivity contribution is 0.585. The Kier molecular flexibility index (Phi) is 3.62. The van der Waals surface area contributed by atoms with Gasteiger partial charge in [-0.15, -0.1) is 0 Å². The molecule has 0 aliphatic heterocycles. The predicted molar refractivity (Wildman–Crippen MR) is 43.6 cm³/mol. The van der Waals surface area contributed by atoms with Crippen LogP contribution in [0.15, 0.2) is 0 Å². The molecule has 0 aromatic rings. The zero-order valence-corrected chi connectivity index (χ0v) is 8.61. The summed E-state index contributed by atoms with van der Waals surface area (Å²) in [5, 5.41) is 0. The van der Waals surface area contributed by atoms with Crippen LogP contribution in [0.25, 0.3) is 0 Å². The van der Waals surface area contributed by atoms with Crippen molar-refractivity contribution in [2.45, 2.75) is 0 Å². The number of halogens is 3. The van der Waals surface area contributed by atoms with Gasteiger partial charge in [0, 0.05) is 6.66 Å². The van der Waals surface area contributed by atoms with Gasteiger partial charge in [-0.3, -0.25) is 4.57 Å². The zero-order chi connectivity index (χ0) is 7.71. The summed E-state index contributed by atoms with van der Waals surface area (Å²) >= 11 is 15.4. The van der Waals surface area contributed by atoms with Crippen LogP contribution in [0.5, 0.6) is 0 Å². The maximum atomic E-state index is 10.7. The monoisotopic (exact) mass is 228 g/mol. The minimum Gasteiger partial charge on any atom is -0.306 e. The molecule has 0 spiro atoms. The molecule has 0 bridgehead atoms. The molecule has 0 aromatic carbocycles. The number of hydrogen-bond donors (Lipinski definition) is 0. The first-order chi connectivity index (χ1) is 3.71. The van der Waals surface area contributed by atoms with Gasteiger partial charge in [0.2, 0.25) is 0 Å². The van der Waals surface area contributed by atoms with Gasteiger partial charge < -0.3 is 4.57 Å². The Morgan fingerprint density at radius 1 is 1.22 bits per heavy atom. The average Bonchev–Trinajstić information content (AvgIpc) is 1.14. The summed E-state index contributed by atoms with van der Waals surface area (Å²) in [5.41, 5.74) is 0. The van der Waals surface area contributed by atoms with Gasteiger partial charge >= 0.3 is 0 Å². The molecule has 0 aliphatic carbocycles. The Hall–Kier alpha value is 1.33. The van der Waals surface area contributed by atoms with Crippen LogP contribution in [-0.2, 0) is 9.13 Å². The van der Waals surface area contributed by atoms with Crippen molar-refractivity contribution in [1.29, 1.82) is 0 Å². The molecule has 0 amide bonds. The molecule has 0 N–H and O–H groups in total. The molecule has 0 fully saturated rings. The normalized spacial score (nSPS) is 19.1. The van der Waals surface area contributed by atoms with Crippen LogP contribution in [0, 0.1) is 0 Å². The molecule has 1 unspecified atom stereocenters. The molecule has 0 rings (SSSR count). The Labute approximate surface area is 68.0 Å². The molecule has 0 saturated carbocycles. The summed E-state index contributed by atoms with van der Waals surface area (Å²) in [4.78, 5) is 0. The highest BCUT2D eigenvalue weighted by molar-refractivity contribution is 8.15. The van der Waals surface area contributed by atoms with Gasteiger partial charge in [0.05, 0.1) is 5.90 Å². The third-order valence-corrected chi connectivity index (χ3v) is 6.64. The van der Waals surface area contributed by atoms with Crippen molar-refractivity contribution in [3.63, 3.8) is 0 Å². The van der Waals surface area contributed by atoms with Crippen molar-refractivity contribution in [2.75, 3.05) is 12.6 Å². The molecule has 0 radical (unpaired) electrons. The summed E-state index contributed by atoms with van der Waals surface area (Å²) in [7, 11) is 0. The van der Waals surface area contributed by atoms with Gasteiger partial charge in [-0.05, 0) is 22.5 Å². The van der Waals surface area contributed by atoms with E-state index in [4.69, 9.17) is 33.7 Å². The molecule has 56 valence electrons. The highest BCUT2D eigenvalue weighted by atomic mass is 35.9. The van der Waals surface area contributed by atoms with Crippen molar-refractivity contribution < 1.29 is 9.13 Å². The van der Waals surface area contributed by atoms with Crippen LogP contribution >= 0.6 is 46.1 Å². The van der Waals surface area contributed by atoms with Gasteiger partial charge in [-0.2, -0.15) is 0 Å². The fourth-order valence-corrected chi connectivity index (χ4v) is 8.66. The molecular weight excluding hydrogens is 224 g/mol. The third-order valence-electron chi connectivity index (χ3n) is 0.417. The predicted octanol–water partition coefficient (Wildman–Crippen LogP) is 3.76. The van der Waals surface area contributed by atoms with Crippen LogP contribution in [0.4, 0.5) is 0 Å². The van der Waals surface area contributed by atoms with E-state index in [-0.39, 0.29) is 5.90 Å². The summed E-state index contributed by atoms with van der Waals surface area (Å²) in [5.74, 6) is -3.54. The number of hydrogen-bond acceptors (Lipinski definition) is 2. The Morgan fingerprint density at radius 3 is 1.56 bits per heavy atom. The highest BCUT2D eigenvalue weighted by Gasteiger charge is 2.24. The van der Waals surface area contributed by atoms with E-state index in [2.05, 4.69) is 0 Å². The Balaban J connectivity index is 4.07. The molecular formula is C2H5Cl3O2P2. The molecule has 0 aliphatic rings. The van der Waals surface area contributed by atoms with Gasteiger partial charge in [-0.25, -0.2) is 0 Å². The first kappa shape index (κ1) is 10.3. The van der Waals surface area contributed by atoms with Crippen molar-refractivity contribution in [2.24, 2.45) is 0 Å². The van der Waals surface area contributed by atoms with E-state index in [1.807, 2.05) is 0 Å². The fraction of sp³-hybridized carbons (Fsp3) is 1.00. The SMILES string of the molecule is CP(=O)(Cl)CP(=O)(Cl)Cl. The molecule has 7 heteroatoms. The third kappa shape index (κ3) is 9.33. The smallest absolute Gasteiger partial charge is 0.261 e. The average molecular weight is 229 g/mol. The molecule has 1 atom stereocenters. The van der Waals surface area contributed by atoms with Crippen molar-refractivity contribution in [3.05, 3.63) is 0 Å². The second-order valence-corrected chi connectivity index (χ2v) is 11.9. The largest absolute Gasteiger partial charge is 0.306 e. The van der Waals surface area contributed by atoms with Gasteiger partial charge in [0.15, 0.2) is 6.49 Å². The van der Waals surface area contributed by atoms with Gasteiger partial charge in [0.1, 0.15) is 0 Å². The Morgan fingerprint density at radius 2 is 1.56 bits per heavy atom. The van der Waals surface area contributed by atoms with Crippen LogP contribution in [0.1, 0.15) is 0 Å². The lowest BCUT2D eigenvalue weighted by Gasteiger charge is -2.02. The van der Waals surface area contributed by atoms with Crippen LogP contribution in [-0.4, -0.2) is 12.6 Å². The first-order valence-corrected chi connectivity index (χ1v) is 8.90. The fourth-order valence-electron chi connectivity index (χ4n) is 0.294.